The lowest BCUT2D eigenvalue weighted by Crippen LogP contribution is -2.31. The Morgan fingerprint density at radius 1 is 1.05 bits per heavy atom. The molecule has 2 heterocycles. The lowest BCUT2D eigenvalue weighted by molar-refractivity contribution is -0.384. The number of benzene rings is 3. The van der Waals surface area contributed by atoms with Crippen molar-refractivity contribution in [1.82, 2.24) is 4.98 Å². The summed E-state index contributed by atoms with van der Waals surface area (Å²) in [6, 6.07) is 16.5. The van der Waals surface area contributed by atoms with Gasteiger partial charge in [0, 0.05) is 22.7 Å². The summed E-state index contributed by atoms with van der Waals surface area (Å²) in [6.07, 6.45) is 1.07. The first-order valence-corrected chi connectivity index (χ1v) is 15.2. The number of nitro groups is 1. The van der Waals surface area contributed by atoms with Crippen molar-refractivity contribution in [3.05, 3.63) is 122 Å². The second kappa shape index (κ2) is 11.1. The average Bonchev–Trinajstić information content (AvgIpc) is 3.56. The molecule has 1 aliphatic heterocycles. The Morgan fingerprint density at radius 2 is 1.67 bits per heavy atom. The van der Waals surface area contributed by atoms with E-state index in [-0.39, 0.29) is 37.0 Å². The van der Waals surface area contributed by atoms with Gasteiger partial charge in [0.15, 0.2) is 16.7 Å². The summed E-state index contributed by atoms with van der Waals surface area (Å²) in [4.78, 5) is 42.6. The number of nitrogens with zero attached hydrogens (tertiary/aromatic N) is 3. The first-order valence-electron chi connectivity index (χ1n) is 12.5. The number of sulfone groups is 1. The SMILES string of the molecule is CC(C)c1ccc(C2C(C(=O)c3ccc(Cl)cc3)=C(O)C(=O)N2c2ncc(S(=O)(=O)c3ccc([N+](=O)[O-])cc3)s2)cc1. The van der Waals surface area contributed by atoms with Crippen molar-refractivity contribution in [2.24, 2.45) is 0 Å². The van der Waals surface area contributed by atoms with Crippen LogP contribution in [0.25, 0.3) is 0 Å². The van der Waals surface area contributed by atoms with Gasteiger partial charge < -0.3 is 5.11 Å². The molecule has 1 N–H and O–H groups in total. The number of anilines is 1. The second-order valence-corrected chi connectivity index (χ2v) is 13.3. The van der Waals surface area contributed by atoms with Crippen LogP contribution in [0.3, 0.4) is 0 Å². The Morgan fingerprint density at radius 3 is 2.24 bits per heavy atom. The molecule has 42 heavy (non-hydrogen) atoms. The van der Waals surface area contributed by atoms with E-state index in [1.807, 2.05) is 26.0 Å². The maximum absolute atomic E-state index is 13.7. The maximum Gasteiger partial charge on any atom is 0.296 e. The van der Waals surface area contributed by atoms with E-state index < -0.39 is 38.3 Å². The molecule has 3 aromatic carbocycles. The smallest absolute Gasteiger partial charge is 0.296 e. The van der Waals surface area contributed by atoms with E-state index in [1.165, 1.54) is 24.3 Å². The van der Waals surface area contributed by atoms with Gasteiger partial charge in [-0.3, -0.25) is 24.6 Å². The predicted molar refractivity (Wildman–Crippen MR) is 157 cm³/mol. The van der Waals surface area contributed by atoms with Gasteiger partial charge in [-0.15, -0.1) is 0 Å². The zero-order valence-electron chi connectivity index (χ0n) is 22.1. The second-order valence-electron chi connectivity index (χ2n) is 9.71. The molecule has 214 valence electrons. The number of carbonyl (C=O) groups excluding carboxylic acids is 2. The molecule has 1 amide bonds. The number of halogens is 1. The third-order valence-corrected chi connectivity index (χ3v) is 10.3. The number of non-ortho nitro benzene ring substituents is 1. The number of aliphatic hydroxyl groups excluding tert-OH is 1. The number of thiazole rings is 1. The fourth-order valence-electron chi connectivity index (χ4n) is 4.52. The normalized spacial score (nSPS) is 15.5. The van der Waals surface area contributed by atoms with E-state index >= 15 is 0 Å². The predicted octanol–water partition coefficient (Wildman–Crippen LogP) is 6.44. The number of hydrogen-bond acceptors (Lipinski definition) is 9. The van der Waals surface area contributed by atoms with Crippen LogP contribution in [0.2, 0.25) is 5.02 Å². The molecule has 0 fully saturated rings. The third kappa shape index (κ3) is 5.20. The Balaban J connectivity index is 1.59. The molecule has 13 heteroatoms. The van der Waals surface area contributed by atoms with Crippen molar-refractivity contribution in [1.29, 1.82) is 0 Å². The Bertz CT molecular complexity index is 1850. The minimum atomic E-state index is -4.16. The molecule has 1 aromatic heterocycles. The molecule has 0 saturated carbocycles. The van der Waals surface area contributed by atoms with Crippen LogP contribution in [0, 0.1) is 10.1 Å². The number of carbonyl (C=O) groups is 2. The number of nitro benzene ring substituents is 1. The van der Waals surface area contributed by atoms with Gasteiger partial charge in [0.25, 0.3) is 11.6 Å². The lowest BCUT2D eigenvalue weighted by atomic mass is 9.91. The molecule has 0 bridgehead atoms. The zero-order chi connectivity index (χ0) is 30.3. The van der Waals surface area contributed by atoms with Crippen LogP contribution in [-0.4, -0.2) is 35.1 Å². The maximum atomic E-state index is 13.7. The summed E-state index contributed by atoms with van der Waals surface area (Å²) >= 11 is 6.65. The minimum absolute atomic E-state index is 0.0659. The van der Waals surface area contributed by atoms with Gasteiger partial charge in [-0.25, -0.2) is 13.4 Å². The van der Waals surface area contributed by atoms with E-state index in [0.717, 1.165) is 40.9 Å². The standard InChI is InChI=1S/C29H22ClN3O7S2/c1-16(2)17-3-5-18(6-4-17)25-24(26(34)19-7-9-20(30)10-8-19)27(35)28(36)32(25)29-31-15-23(41-29)42(39,40)22-13-11-21(12-14-22)33(37)38/h3-16,25,35H,1-2H3. The van der Waals surface area contributed by atoms with E-state index in [0.29, 0.717) is 21.9 Å². The number of amides is 1. The fraction of sp³-hybridized carbons (Fsp3) is 0.138. The lowest BCUT2D eigenvalue weighted by Gasteiger charge is -2.25. The molecule has 0 saturated heterocycles. The van der Waals surface area contributed by atoms with E-state index in [9.17, 15) is 33.2 Å². The highest BCUT2D eigenvalue weighted by Crippen LogP contribution is 2.44. The van der Waals surface area contributed by atoms with Gasteiger partial charge in [0.2, 0.25) is 9.84 Å². The highest BCUT2D eigenvalue weighted by Gasteiger charge is 2.46. The molecule has 0 aliphatic carbocycles. The van der Waals surface area contributed by atoms with Gasteiger partial charge in [-0.2, -0.15) is 0 Å². The van der Waals surface area contributed by atoms with Crippen LogP contribution in [0.5, 0.6) is 0 Å². The molecule has 0 radical (unpaired) electrons. The Labute approximate surface area is 249 Å². The molecular weight excluding hydrogens is 602 g/mol. The van der Waals surface area contributed by atoms with E-state index in [4.69, 9.17) is 11.6 Å². The summed E-state index contributed by atoms with van der Waals surface area (Å²) in [5.74, 6) is -2.08. The summed E-state index contributed by atoms with van der Waals surface area (Å²) < 4.78 is 26.4. The number of Topliss-reactive ketones (excluding diaryl/α,β-unsaturated/α-hetero) is 1. The Kier molecular flexibility index (Phi) is 7.71. The summed E-state index contributed by atoms with van der Waals surface area (Å²) in [5, 5.41) is 22.3. The third-order valence-electron chi connectivity index (χ3n) is 6.78. The quantitative estimate of drug-likeness (QED) is 0.134. The number of aliphatic hydroxyl groups is 1. The molecule has 4 aromatic rings. The fourth-order valence-corrected chi connectivity index (χ4v) is 7.19. The van der Waals surface area contributed by atoms with Gasteiger partial charge in [-0.05, 0) is 53.4 Å². The van der Waals surface area contributed by atoms with Gasteiger partial charge >= 0.3 is 0 Å². The zero-order valence-corrected chi connectivity index (χ0v) is 24.5. The molecule has 1 atom stereocenters. The number of aromatic nitrogens is 1. The van der Waals surface area contributed by atoms with Gasteiger partial charge in [-0.1, -0.05) is 61.1 Å². The van der Waals surface area contributed by atoms with Crippen molar-refractivity contribution in [3.63, 3.8) is 0 Å². The highest BCUT2D eigenvalue weighted by atomic mass is 35.5. The van der Waals surface area contributed by atoms with Crippen LogP contribution in [-0.2, 0) is 14.6 Å². The minimum Gasteiger partial charge on any atom is -0.503 e. The van der Waals surface area contributed by atoms with Crippen LogP contribution in [0.4, 0.5) is 10.8 Å². The van der Waals surface area contributed by atoms with Gasteiger partial charge in [0.1, 0.15) is 4.21 Å². The summed E-state index contributed by atoms with van der Waals surface area (Å²) in [7, 11) is -4.16. The number of rotatable bonds is 8. The van der Waals surface area contributed by atoms with Crippen molar-refractivity contribution in [2.45, 2.75) is 34.9 Å². The van der Waals surface area contributed by atoms with Gasteiger partial charge in [0.05, 0.1) is 27.6 Å². The first kappa shape index (κ1) is 29.1. The molecule has 1 unspecified atom stereocenters. The van der Waals surface area contributed by atoms with Crippen LogP contribution < -0.4 is 4.90 Å². The first-order chi connectivity index (χ1) is 19.9. The van der Waals surface area contributed by atoms with Crippen molar-refractivity contribution >= 4 is 55.3 Å². The van der Waals surface area contributed by atoms with E-state index in [2.05, 4.69) is 4.98 Å². The average molecular weight is 624 g/mol. The number of ketones is 1. The van der Waals surface area contributed by atoms with Crippen LogP contribution in [0.15, 0.2) is 99.4 Å². The molecule has 10 nitrogen and oxygen atoms in total. The Hall–Kier alpha value is -4.39. The summed E-state index contributed by atoms with van der Waals surface area (Å²) in [5.41, 5.74) is 1.25. The highest BCUT2D eigenvalue weighted by molar-refractivity contribution is 7.93. The largest absolute Gasteiger partial charge is 0.503 e. The van der Waals surface area contributed by atoms with Crippen LogP contribution >= 0.6 is 22.9 Å². The molecule has 1 aliphatic rings. The summed E-state index contributed by atoms with van der Waals surface area (Å²) in [6.45, 7) is 4.04. The van der Waals surface area contributed by atoms with E-state index in [1.54, 1.807) is 12.1 Å². The van der Waals surface area contributed by atoms with Crippen molar-refractivity contribution in [3.8, 4) is 0 Å². The molecule has 5 rings (SSSR count). The monoisotopic (exact) mass is 623 g/mol. The molecule has 0 spiro atoms. The topological polar surface area (TPSA) is 148 Å². The molecular formula is C29H22ClN3O7S2. The van der Waals surface area contributed by atoms with Crippen LogP contribution in [0.1, 0.15) is 47.3 Å². The van der Waals surface area contributed by atoms with Crippen molar-refractivity contribution < 1.29 is 28.0 Å². The number of hydrogen-bond donors (Lipinski definition) is 1. The van der Waals surface area contributed by atoms with Crippen molar-refractivity contribution in [2.75, 3.05) is 4.90 Å².